The summed E-state index contributed by atoms with van der Waals surface area (Å²) in [5.41, 5.74) is -0.853. The van der Waals surface area contributed by atoms with Crippen LogP contribution in [0.5, 0.6) is 0 Å². The van der Waals surface area contributed by atoms with Gasteiger partial charge in [0.25, 0.3) is 5.91 Å². The molecule has 0 radical (unpaired) electrons. The van der Waals surface area contributed by atoms with Crippen molar-refractivity contribution in [1.29, 1.82) is 0 Å². The Hall–Kier alpha value is -2.88. The second-order valence-electron chi connectivity index (χ2n) is 7.32. The number of hydrogen-bond donors (Lipinski definition) is 2. The van der Waals surface area contributed by atoms with Crippen molar-refractivity contribution in [2.75, 3.05) is 10.6 Å². The van der Waals surface area contributed by atoms with Crippen LogP contribution in [-0.4, -0.2) is 18.0 Å². The predicted octanol–water partition coefficient (Wildman–Crippen LogP) is 7.85. The minimum absolute atomic E-state index is 0.0203. The topological polar surface area (TPSA) is 58.2 Å². The predicted molar refractivity (Wildman–Crippen MR) is 124 cm³/mol. The second kappa shape index (κ2) is 10.8. The fraction of sp³-hybridized carbons (Fsp3) is 0.130. The van der Waals surface area contributed by atoms with Crippen LogP contribution in [0.4, 0.5) is 33.3 Å². The van der Waals surface area contributed by atoms with E-state index < -0.39 is 42.0 Å². The highest BCUT2D eigenvalue weighted by molar-refractivity contribution is 6.35. The largest absolute Gasteiger partial charge is 0.396 e. The number of anilines is 2. The van der Waals surface area contributed by atoms with Gasteiger partial charge in [0.05, 0.1) is 22.2 Å². The lowest BCUT2D eigenvalue weighted by atomic mass is 9.94. The molecule has 4 nitrogen and oxygen atoms in total. The molecule has 1 atom stereocenters. The fourth-order valence-electron chi connectivity index (χ4n) is 3.15. The van der Waals surface area contributed by atoms with Crippen molar-refractivity contribution in [3.63, 3.8) is 0 Å². The average molecular weight is 552 g/mol. The van der Waals surface area contributed by atoms with E-state index in [2.05, 4.69) is 10.6 Å². The van der Waals surface area contributed by atoms with Crippen LogP contribution in [0.2, 0.25) is 15.1 Å². The zero-order valence-corrected chi connectivity index (χ0v) is 19.6. The van der Waals surface area contributed by atoms with Gasteiger partial charge in [-0.15, -0.1) is 0 Å². The maximum Gasteiger partial charge on any atom is 0.396 e. The Bertz CT molecular complexity index is 1260. The molecule has 0 heterocycles. The molecule has 2 N–H and O–H groups in total. The van der Waals surface area contributed by atoms with Gasteiger partial charge in [-0.25, -0.2) is 8.78 Å². The van der Waals surface area contributed by atoms with Crippen molar-refractivity contribution in [3.8, 4) is 0 Å². The quantitative estimate of drug-likeness (QED) is 0.307. The van der Waals surface area contributed by atoms with Crippen LogP contribution in [0, 0.1) is 11.6 Å². The minimum atomic E-state index is -4.78. The lowest BCUT2D eigenvalue weighted by molar-refractivity contribution is -0.155. The van der Waals surface area contributed by atoms with Gasteiger partial charge < -0.3 is 10.6 Å². The first-order valence-electron chi connectivity index (χ1n) is 9.72. The number of rotatable bonds is 6. The SMILES string of the molecule is O=C(CC(c1cc(Cl)cc(Cl)c1)C(F)(F)F)Nc1ccc(Cl)c(C(=O)Nc2ccc(F)cc2F)c1. The van der Waals surface area contributed by atoms with Crippen LogP contribution in [-0.2, 0) is 4.79 Å². The summed E-state index contributed by atoms with van der Waals surface area (Å²) in [6.07, 6.45) is -5.78. The highest BCUT2D eigenvalue weighted by atomic mass is 35.5. The van der Waals surface area contributed by atoms with E-state index in [1.54, 1.807) is 0 Å². The third kappa shape index (κ3) is 7.06. The number of benzene rings is 3. The Labute approximate surface area is 211 Å². The molecular formula is C23H14Cl3F5N2O2. The molecule has 2 amide bonds. The molecule has 0 bridgehead atoms. The summed E-state index contributed by atoms with van der Waals surface area (Å²) >= 11 is 17.6. The number of amides is 2. The van der Waals surface area contributed by atoms with Gasteiger partial charge in [0, 0.05) is 28.2 Å². The Kier molecular flexibility index (Phi) is 8.25. The maximum atomic E-state index is 13.8. The van der Waals surface area contributed by atoms with Crippen LogP contribution in [0.3, 0.4) is 0 Å². The van der Waals surface area contributed by atoms with Crippen molar-refractivity contribution in [1.82, 2.24) is 0 Å². The van der Waals surface area contributed by atoms with Crippen LogP contribution >= 0.6 is 34.8 Å². The number of carbonyl (C=O) groups is 2. The summed E-state index contributed by atoms with van der Waals surface area (Å²) in [7, 11) is 0. The van der Waals surface area contributed by atoms with Gasteiger partial charge in [0.1, 0.15) is 11.6 Å². The summed E-state index contributed by atoms with van der Waals surface area (Å²) in [5.74, 6) is -5.98. The molecule has 0 fully saturated rings. The molecule has 3 rings (SSSR count). The summed E-state index contributed by atoms with van der Waals surface area (Å²) in [6, 6.07) is 9.50. The molecule has 35 heavy (non-hydrogen) atoms. The van der Waals surface area contributed by atoms with Crippen LogP contribution in [0.15, 0.2) is 54.6 Å². The van der Waals surface area contributed by atoms with Gasteiger partial charge >= 0.3 is 6.18 Å². The molecule has 184 valence electrons. The van der Waals surface area contributed by atoms with Crippen molar-refractivity contribution >= 4 is 58.0 Å². The van der Waals surface area contributed by atoms with Gasteiger partial charge in [-0.3, -0.25) is 9.59 Å². The third-order valence-corrected chi connectivity index (χ3v) is 5.51. The Morgan fingerprint density at radius 1 is 0.857 bits per heavy atom. The first kappa shape index (κ1) is 26.7. The van der Waals surface area contributed by atoms with Crippen molar-refractivity contribution in [3.05, 3.63) is 92.4 Å². The molecule has 0 aromatic heterocycles. The molecule has 1 unspecified atom stereocenters. The maximum absolute atomic E-state index is 13.8. The van der Waals surface area contributed by atoms with Gasteiger partial charge in [-0.05, 0) is 54.1 Å². The van der Waals surface area contributed by atoms with Gasteiger partial charge in [0.2, 0.25) is 5.91 Å². The Morgan fingerprint density at radius 2 is 1.51 bits per heavy atom. The van der Waals surface area contributed by atoms with E-state index in [1.165, 1.54) is 18.2 Å². The van der Waals surface area contributed by atoms with Gasteiger partial charge in [-0.2, -0.15) is 13.2 Å². The molecule has 3 aromatic carbocycles. The van der Waals surface area contributed by atoms with E-state index in [-0.39, 0.29) is 37.6 Å². The Balaban J connectivity index is 1.78. The average Bonchev–Trinajstić information content (AvgIpc) is 2.73. The summed E-state index contributed by atoms with van der Waals surface area (Å²) in [6.45, 7) is 0. The highest BCUT2D eigenvalue weighted by Crippen LogP contribution is 2.39. The summed E-state index contributed by atoms with van der Waals surface area (Å²) < 4.78 is 67.9. The van der Waals surface area contributed by atoms with E-state index in [4.69, 9.17) is 34.8 Å². The Morgan fingerprint density at radius 3 is 2.11 bits per heavy atom. The third-order valence-electron chi connectivity index (χ3n) is 4.75. The highest BCUT2D eigenvalue weighted by Gasteiger charge is 2.42. The summed E-state index contributed by atoms with van der Waals surface area (Å²) in [5, 5.41) is 4.37. The minimum Gasteiger partial charge on any atom is -0.326 e. The molecular weight excluding hydrogens is 538 g/mol. The normalized spacial score (nSPS) is 12.2. The zero-order chi connectivity index (χ0) is 25.9. The van der Waals surface area contributed by atoms with Gasteiger partial charge in [0.15, 0.2) is 0 Å². The number of alkyl halides is 3. The fourth-order valence-corrected chi connectivity index (χ4v) is 3.90. The number of carbonyl (C=O) groups excluding carboxylic acids is 2. The van der Waals surface area contributed by atoms with Crippen molar-refractivity contribution < 1.29 is 31.5 Å². The number of halogens is 8. The molecule has 0 aliphatic rings. The smallest absolute Gasteiger partial charge is 0.326 e. The molecule has 0 saturated heterocycles. The summed E-state index contributed by atoms with van der Waals surface area (Å²) in [4.78, 5) is 25.0. The van der Waals surface area contributed by atoms with Crippen molar-refractivity contribution in [2.24, 2.45) is 0 Å². The lowest BCUT2D eigenvalue weighted by Gasteiger charge is -2.21. The molecule has 0 saturated carbocycles. The van der Waals surface area contributed by atoms with E-state index in [0.29, 0.717) is 6.07 Å². The monoisotopic (exact) mass is 550 g/mol. The second-order valence-corrected chi connectivity index (χ2v) is 8.60. The van der Waals surface area contributed by atoms with Crippen LogP contribution in [0.1, 0.15) is 28.3 Å². The van der Waals surface area contributed by atoms with Crippen molar-refractivity contribution in [2.45, 2.75) is 18.5 Å². The molecule has 12 heteroatoms. The standard InChI is InChI=1S/C23H14Cl3F5N2O2/c24-12-5-11(6-13(25)7-12)17(23(29,30)31)10-21(34)32-15-2-3-18(26)16(9-15)22(35)33-20-4-1-14(27)8-19(20)28/h1-9,17H,10H2,(H,32,34)(H,33,35). The molecule has 0 aliphatic heterocycles. The first-order chi connectivity index (χ1) is 16.3. The van der Waals surface area contributed by atoms with Crippen LogP contribution in [0.25, 0.3) is 0 Å². The molecule has 0 aliphatic carbocycles. The zero-order valence-electron chi connectivity index (χ0n) is 17.3. The first-order valence-corrected chi connectivity index (χ1v) is 10.9. The van der Waals surface area contributed by atoms with E-state index in [1.807, 2.05) is 0 Å². The van der Waals surface area contributed by atoms with Crippen LogP contribution < -0.4 is 10.6 Å². The van der Waals surface area contributed by atoms with E-state index in [0.717, 1.165) is 30.3 Å². The lowest BCUT2D eigenvalue weighted by Crippen LogP contribution is -2.26. The molecule has 0 spiro atoms. The number of nitrogens with one attached hydrogen (secondary N) is 2. The molecule has 3 aromatic rings. The van der Waals surface area contributed by atoms with Gasteiger partial charge in [-0.1, -0.05) is 34.8 Å². The number of hydrogen-bond acceptors (Lipinski definition) is 2. The van der Waals surface area contributed by atoms with E-state index in [9.17, 15) is 31.5 Å². The van der Waals surface area contributed by atoms with E-state index >= 15 is 0 Å².